The molecule has 0 bridgehead atoms. The Balaban J connectivity index is 2.16. The fraction of sp³-hybridized carbons (Fsp3) is 0.222. The molecule has 2 N–H and O–H groups in total. The van der Waals surface area contributed by atoms with E-state index in [1.165, 1.54) is 16.9 Å². The van der Waals surface area contributed by atoms with Crippen LogP contribution in [0.3, 0.4) is 0 Å². The van der Waals surface area contributed by atoms with Crippen LogP contribution < -0.4 is 5.32 Å². The molecule has 3 heterocycles. The fourth-order valence-electron chi connectivity index (χ4n) is 2.64. The first-order chi connectivity index (χ1) is 13.0. The predicted octanol–water partition coefficient (Wildman–Crippen LogP) is 2.27. The second-order valence-electron chi connectivity index (χ2n) is 5.81. The van der Waals surface area contributed by atoms with Crippen LogP contribution in [-0.4, -0.2) is 36.9 Å². The van der Waals surface area contributed by atoms with Crippen molar-refractivity contribution in [1.29, 1.82) is 10.5 Å². The molecule has 3 aromatic rings. The summed E-state index contributed by atoms with van der Waals surface area (Å²) >= 11 is 0. The number of nitrogens with zero attached hydrogens (tertiary/aromatic N) is 6. The lowest BCUT2D eigenvalue weighted by atomic mass is 10.1. The van der Waals surface area contributed by atoms with Crippen LogP contribution >= 0.6 is 0 Å². The molecular weight excluding hydrogens is 346 g/mol. The van der Waals surface area contributed by atoms with E-state index in [1.54, 1.807) is 19.2 Å². The van der Waals surface area contributed by atoms with E-state index in [9.17, 15) is 15.2 Å². The molecule has 3 rings (SSSR count). The Hall–Kier alpha value is -3.98. The van der Waals surface area contributed by atoms with Gasteiger partial charge in [-0.05, 0) is 19.4 Å². The first-order valence-corrected chi connectivity index (χ1v) is 8.16. The van der Waals surface area contributed by atoms with Crippen molar-refractivity contribution in [3.05, 3.63) is 41.3 Å². The molecule has 0 spiro atoms. The van der Waals surface area contributed by atoms with Crippen LogP contribution in [0.2, 0.25) is 0 Å². The number of hydrogen-bond acceptors (Lipinski definition) is 7. The Bertz CT molecular complexity index is 1120. The maximum Gasteiger partial charge on any atom is 0.339 e. The van der Waals surface area contributed by atoms with Crippen LogP contribution in [0.5, 0.6) is 0 Å². The summed E-state index contributed by atoms with van der Waals surface area (Å²) in [6, 6.07) is 6.76. The molecule has 0 aliphatic heterocycles. The van der Waals surface area contributed by atoms with Gasteiger partial charge in [-0.1, -0.05) is 6.92 Å². The van der Waals surface area contributed by atoms with Crippen molar-refractivity contribution in [2.75, 3.05) is 5.32 Å². The van der Waals surface area contributed by atoms with Gasteiger partial charge in [-0.15, -0.1) is 0 Å². The third kappa shape index (κ3) is 3.26. The number of anilines is 1. The Morgan fingerprint density at radius 3 is 2.78 bits per heavy atom. The highest BCUT2D eigenvalue weighted by atomic mass is 16.4. The molecule has 0 aromatic carbocycles. The fourth-order valence-corrected chi connectivity index (χ4v) is 2.64. The maximum atomic E-state index is 11.4. The van der Waals surface area contributed by atoms with Gasteiger partial charge in [-0.2, -0.15) is 20.3 Å². The number of rotatable bonds is 5. The zero-order chi connectivity index (χ0) is 19.6. The summed E-state index contributed by atoms with van der Waals surface area (Å²) in [7, 11) is 0. The molecular formula is C18H15N7O2. The second kappa shape index (κ2) is 7.10. The van der Waals surface area contributed by atoms with E-state index >= 15 is 0 Å². The summed E-state index contributed by atoms with van der Waals surface area (Å²) in [6.07, 6.45) is 3.37. The number of aryl methyl sites for hydroxylation is 1. The Labute approximate surface area is 154 Å². The van der Waals surface area contributed by atoms with Gasteiger partial charge in [-0.25, -0.2) is 14.8 Å². The first-order valence-electron chi connectivity index (χ1n) is 8.16. The van der Waals surface area contributed by atoms with Gasteiger partial charge in [0.25, 0.3) is 0 Å². The first kappa shape index (κ1) is 17.8. The molecule has 0 radical (unpaired) electrons. The number of aromatic carboxylic acids is 1. The zero-order valence-corrected chi connectivity index (χ0v) is 14.6. The van der Waals surface area contributed by atoms with Gasteiger partial charge in [0.15, 0.2) is 11.5 Å². The van der Waals surface area contributed by atoms with Crippen LogP contribution in [0.15, 0.2) is 24.5 Å². The molecule has 0 aliphatic carbocycles. The number of pyridine rings is 2. The number of carboxylic acid groups (broad SMARTS) is 1. The smallest absolute Gasteiger partial charge is 0.339 e. The molecule has 0 fully saturated rings. The minimum atomic E-state index is -1.16. The third-order valence-electron chi connectivity index (χ3n) is 3.98. The number of nitrogens with one attached hydrogen (secondary N) is 1. The molecule has 0 saturated heterocycles. The Morgan fingerprint density at radius 1 is 1.37 bits per heavy atom. The van der Waals surface area contributed by atoms with Gasteiger partial charge >= 0.3 is 5.97 Å². The molecule has 0 unspecified atom stereocenters. The molecule has 9 heteroatoms. The lowest BCUT2D eigenvalue weighted by molar-refractivity contribution is 0.0697. The summed E-state index contributed by atoms with van der Waals surface area (Å²) in [6.45, 7) is 3.52. The lowest BCUT2D eigenvalue weighted by Gasteiger charge is -2.12. The van der Waals surface area contributed by atoms with Gasteiger partial charge < -0.3 is 10.4 Å². The van der Waals surface area contributed by atoms with Crippen LogP contribution in [0.25, 0.3) is 16.9 Å². The number of aromatic nitrogens is 4. The highest BCUT2D eigenvalue weighted by Crippen LogP contribution is 2.23. The highest BCUT2D eigenvalue weighted by Gasteiger charge is 2.17. The predicted molar refractivity (Wildman–Crippen MR) is 96.4 cm³/mol. The number of carbonyl (C=O) groups is 1. The molecule has 0 amide bonds. The van der Waals surface area contributed by atoms with Crippen LogP contribution in [0.4, 0.5) is 5.69 Å². The van der Waals surface area contributed by atoms with Crippen LogP contribution in [0, 0.1) is 22.7 Å². The van der Waals surface area contributed by atoms with E-state index in [4.69, 9.17) is 5.26 Å². The number of fused-ring (bicyclic) bond motifs is 1. The number of carboxylic acids is 1. The van der Waals surface area contributed by atoms with Gasteiger partial charge in [0.1, 0.15) is 17.7 Å². The van der Waals surface area contributed by atoms with Crippen LogP contribution in [0.1, 0.15) is 35.5 Å². The summed E-state index contributed by atoms with van der Waals surface area (Å²) in [5.41, 5.74) is 1.86. The minimum Gasteiger partial charge on any atom is -0.478 e. The SMILES string of the molecule is CCc1nc2c(cnn2-c2cc(N[C@H](C)C#N)c(C(=O)O)cn2)cc1C#N. The molecule has 0 aliphatic rings. The van der Waals surface area contributed by atoms with E-state index in [-0.39, 0.29) is 11.3 Å². The van der Waals surface area contributed by atoms with Crippen molar-refractivity contribution in [1.82, 2.24) is 19.7 Å². The normalized spacial score (nSPS) is 11.6. The summed E-state index contributed by atoms with van der Waals surface area (Å²) in [5.74, 6) is -0.807. The van der Waals surface area contributed by atoms with Crippen molar-refractivity contribution in [3.8, 4) is 18.0 Å². The molecule has 27 heavy (non-hydrogen) atoms. The third-order valence-corrected chi connectivity index (χ3v) is 3.98. The van der Waals surface area contributed by atoms with E-state index < -0.39 is 12.0 Å². The molecule has 0 saturated carbocycles. The Kier molecular flexibility index (Phi) is 4.69. The van der Waals surface area contributed by atoms with E-state index in [0.29, 0.717) is 34.5 Å². The highest BCUT2D eigenvalue weighted by molar-refractivity contribution is 5.94. The maximum absolute atomic E-state index is 11.4. The van der Waals surface area contributed by atoms with Gasteiger partial charge in [-0.3, -0.25) is 0 Å². The monoisotopic (exact) mass is 361 g/mol. The van der Waals surface area contributed by atoms with Crippen molar-refractivity contribution in [2.24, 2.45) is 0 Å². The molecule has 3 aromatic heterocycles. The standard InChI is InChI=1S/C18H15N7O2/c1-3-14-11(7-20)4-12-8-22-25(17(12)24-14)16-5-15(23-10(2)6-19)13(9-21-16)18(26)27/h4-5,8-10H,3H2,1-2H3,(H,21,23)(H,26,27)/t10-/m1/s1. The average Bonchev–Trinajstić information content (AvgIpc) is 3.09. The summed E-state index contributed by atoms with van der Waals surface area (Å²) in [5, 5.41) is 35.4. The van der Waals surface area contributed by atoms with Gasteiger partial charge in [0.2, 0.25) is 0 Å². The van der Waals surface area contributed by atoms with Gasteiger partial charge in [0.05, 0.1) is 29.2 Å². The largest absolute Gasteiger partial charge is 0.478 e. The van der Waals surface area contributed by atoms with Crippen molar-refractivity contribution >= 4 is 22.7 Å². The summed E-state index contributed by atoms with van der Waals surface area (Å²) < 4.78 is 1.48. The molecule has 134 valence electrons. The van der Waals surface area contributed by atoms with E-state index in [2.05, 4.69) is 26.5 Å². The quantitative estimate of drug-likeness (QED) is 0.705. The summed E-state index contributed by atoms with van der Waals surface area (Å²) in [4.78, 5) is 20.1. The van der Waals surface area contributed by atoms with Crippen molar-refractivity contribution in [3.63, 3.8) is 0 Å². The average molecular weight is 361 g/mol. The van der Waals surface area contributed by atoms with E-state index in [0.717, 1.165) is 0 Å². The van der Waals surface area contributed by atoms with Crippen molar-refractivity contribution < 1.29 is 9.90 Å². The van der Waals surface area contributed by atoms with E-state index in [1.807, 2.05) is 13.0 Å². The zero-order valence-electron chi connectivity index (χ0n) is 14.6. The van der Waals surface area contributed by atoms with Gasteiger partial charge in [0, 0.05) is 17.6 Å². The molecule has 1 atom stereocenters. The minimum absolute atomic E-state index is 0.0497. The van der Waals surface area contributed by atoms with Crippen molar-refractivity contribution in [2.45, 2.75) is 26.3 Å². The number of hydrogen-bond donors (Lipinski definition) is 2. The second-order valence-corrected chi connectivity index (χ2v) is 5.81. The lowest BCUT2D eigenvalue weighted by Crippen LogP contribution is -2.16. The number of nitriles is 2. The molecule has 9 nitrogen and oxygen atoms in total. The Morgan fingerprint density at radius 2 is 2.15 bits per heavy atom. The topological polar surface area (TPSA) is 141 Å². The van der Waals surface area contributed by atoms with Crippen LogP contribution in [-0.2, 0) is 6.42 Å².